The highest BCUT2D eigenvalue weighted by Gasteiger charge is 2.22. The summed E-state index contributed by atoms with van der Waals surface area (Å²) in [6, 6.07) is 11.4. The molecule has 0 saturated heterocycles. The van der Waals surface area contributed by atoms with Crippen LogP contribution in [0.15, 0.2) is 53.4 Å². The maximum Gasteiger partial charge on any atom is 0.242 e. The predicted octanol–water partition coefficient (Wildman–Crippen LogP) is 2.60. The topological polar surface area (TPSA) is 114 Å². The molecule has 0 unspecified atom stereocenters. The number of carbonyl (C=O) groups is 2. The molecule has 0 aliphatic rings. The molecule has 0 radical (unpaired) electrons. The van der Waals surface area contributed by atoms with Crippen LogP contribution in [0.3, 0.4) is 0 Å². The summed E-state index contributed by atoms with van der Waals surface area (Å²) in [6.45, 7) is 5.00. The van der Waals surface area contributed by atoms with Gasteiger partial charge in [0.2, 0.25) is 21.8 Å². The van der Waals surface area contributed by atoms with Crippen molar-refractivity contribution < 1.29 is 22.7 Å². The van der Waals surface area contributed by atoms with Crippen LogP contribution in [0, 0.1) is 5.92 Å². The van der Waals surface area contributed by atoms with E-state index in [1.165, 1.54) is 38.3 Å². The molecular formula is C20H25N3O5S. The Morgan fingerprint density at radius 1 is 0.897 bits per heavy atom. The van der Waals surface area contributed by atoms with E-state index in [1.54, 1.807) is 38.1 Å². The van der Waals surface area contributed by atoms with Crippen LogP contribution in [0.1, 0.15) is 20.8 Å². The summed E-state index contributed by atoms with van der Waals surface area (Å²) in [6.07, 6.45) is 0. The van der Waals surface area contributed by atoms with Crippen LogP contribution < -0.4 is 20.1 Å². The summed E-state index contributed by atoms with van der Waals surface area (Å²) in [5.74, 6) is -0.330. The van der Waals surface area contributed by atoms with Gasteiger partial charge >= 0.3 is 0 Å². The maximum atomic E-state index is 12.5. The molecule has 3 N–H and O–H groups in total. The first-order valence-corrected chi connectivity index (χ1v) is 10.5. The minimum Gasteiger partial charge on any atom is -0.497 e. The van der Waals surface area contributed by atoms with E-state index in [-0.39, 0.29) is 16.7 Å². The van der Waals surface area contributed by atoms with E-state index in [2.05, 4.69) is 15.4 Å². The van der Waals surface area contributed by atoms with E-state index in [1.807, 2.05) is 0 Å². The Kier molecular flexibility index (Phi) is 7.35. The lowest BCUT2D eigenvalue weighted by atomic mass is 10.2. The molecule has 0 saturated carbocycles. The van der Waals surface area contributed by atoms with Crippen molar-refractivity contribution >= 4 is 33.2 Å². The Labute approximate surface area is 170 Å². The number of sulfonamides is 1. The number of carbonyl (C=O) groups excluding carboxylic acids is 2. The van der Waals surface area contributed by atoms with Crippen molar-refractivity contribution in [3.8, 4) is 5.75 Å². The third-order valence-corrected chi connectivity index (χ3v) is 5.57. The number of nitrogens with one attached hydrogen (secondary N) is 3. The third-order valence-electron chi connectivity index (χ3n) is 4.02. The minimum atomic E-state index is -3.88. The number of ether oxygens (including phenoxy) is 1. The zero-order chi connectivity index (χ0) is 21.6. The third kappa shape index (κ3) is 6.30. The number of hydrogen-bond acceptors (Lipinski definition) is 5. The van der Waals surface area contributed by atoms with Gasteiger partial charge in [-0.3, -0.25) is 9.59 Å². The van der Waals surface area contributed by atoms with Crippen LogP contribution in [0.4, 0.5) is 11.4 Å². The summed E-state index contributed by atoms with van der Waals surface area (Å²) >= 11 is 0. The van der Waals surface area contributed by atoms with Gasteiger partial charge in [0, 0.05) is 17.3 Å². The number of benzene rings is 2. The van der Waals surface area contributed by atoms with Crippen LogP contribution in [0.2, 0.25) is 0 Å². The summed E-state index contributed by atoms with van der Waals surface area (Å²) < 4.78 is 32.3. The van der Waals surface area contributed by atoms with Crippen LogP contribution in [-0.4, -0.2) is 33.4 Å². The predicted molar refractivity (Wildman–Crippen MR) is 111 cm³/mol. The van der Waals surface area contributed by atoms with Crippen molar-refractivity contribution in [3.63, 3.8) is 0 Å². The van der Waals surface area contributed by atoms with Gasteiger partial charge in [0.1, 0.15) is 5.75 Å². The number of amides is 2. The average Bonchev–Trinajstić information content (AvgIpc) is 2.67. The zero-order valence-corrected chi connectivity index (χ0v) is 17.5. The van der Waals surface area contributed by atoms with Crippen molar-refractivity contribution in [3.05, 3.63) is 48.5 Å². The van der Waals surface area contributed by atoms with Gasteiger partial charge in [-0.25, -0.2) is 8.42 Å². The summed E-state index contributed by atoms with van der Waals surface area (Å²) in [5.41, 5.74) is 0.972. The molecule has 1 atom stereocenters. The first-order valence-electron chi connectivity index (χ1n) is 9.00. The van der Waals surface area contributed by atoms with Gasteiger partial charge in [-0.1, -0.05) is 19.9 Å². The molecule has 0 heterocycles. The van der Waals surface area contributed by atoms with E-state index in [4.69, 9.17) is 4.74 Å². The van der Waals surface area contributed by atoms with Gasteiger partial charge in [0.25, 0.3) is 0 Å². The average molecular weight is 420 g/mol. The minimum absolute atomic E-state index is 0.0244. The number of rotatable bonds is 8. The molecule has 0 aromatic heterocycles. The molecule has 0 aliphatic carbocycles. The van der Waals surface area contributed by atoms with E-state index in [0.717, 1.165) is 0 Å². The number of methoxy groups -OCH3 is 1. The van der Waals surface area contributed by atoms with Crippen molar-refractivity contribution in [2.24, 2.45) is 5.92 Å². The van der Waals surface area contributed by atoms with Crippen molar-refractivity contribution in [1.29, 1.82) is 0 Å². The van der Waals surface area contributed by atoms with Gasteiger partial charge in [0.05, 0.1) is 18.0 Å². The lowest BCUT2D eigenvalue weighted by Gasteiger charge is -2.15. The van der Waals surface area contributed by atoms with Gasteiger partial charge in [-0.2, -0.15) is 4.72 Å². The molecule has 2 aromatic rings. The van der Waals surface area contributed by atoms with Crippen LogP contribution in [0.5, 0.6) is 5.75 Å². The standard InChI is InChI=1S/C20H25N3O5S/c1-13(2)19(24)21-15-6-5-7-16(12-15)22-20(25)14(3)23-29(26,27)18-10-8-17(28-4)9-11-18/h5-14,23H,1-4H3,(H,21,24)(H,22,25)/t14-/m0/s1. The molecule has 8 nitrogen and oxygen atoms in total. The highest BCUT2D eigenvalue weighted by Crippen LogP contribution is 2.18. The van der Waals surface area contributed by atoms with Gasteiger partial charge in [0.15, 0.2) is 0 Å². The smallest absolute Gasteiger partial charge is 0.242 e. The SMILES string of the molecule is COc1ccc(S(=O)(=O)N[C@@H](C)C(=O)Nc2cccc(NC(=O)C(C)C)c2)cc1. The Hall–Kier alpha value is -2.91. The summed E-state index contributed by atoms with van der Waals surface area (Å²) in [7, 11) is -2.40. The zero-order valence-electron chi connectivity index (χ0n) is 16.7. The monoisotopic (exact) mass is 419 g/mol. The fourth-order valence-electron chi connectivity index (χ4n) is 2.32. The summed E-state index contributed by atoms with van der Waals surface area (Å²) in [5, 5.41) is 5.38. The molecule has 0 aliphatic heterocycles. The molecule has 0 spiro atoms. The maximum absolute atomic E-state index is 12.5. The van der Waals surface area contributed by atoms with Crippen LogP contribution in [0.25, 0.3) is 0 Å². The number of hydrogen-bond donors (Lipinski definition) is 3. The normalized spacial score (nSPS) is 12.3. The van der Waals surface area contributed by atoms with E-state index in [9.17, 15) is 18.0 Å². The van der Waals surface area contributed by atoms with E-state index < -0.39 is 22.0 Å². The molecule has 2 rings (SSSR count). The second-order valence-electron chi connectivity index (χ2n) is 6.73. The molecule has 2 aromatic carbocycles. The Bertz CT molecular complexity index is 972. The van der Waals surface area contributed by atoms with Gasteiger partial charge < -0.3 is 15.4 Å². The fraction of sp³-hybridized carbons (Fsp3) is 0.300. The Morgan fingerprint density at radius 3 is 1.97 bits per heavy atom. The fourth-order valence-corrected chi connectivity index (χ4v) is 3.52. The lowest BCUT2D eigenvalue weighted by molar-refractivity contribution is -0.119. The van der Waals surface area contributed by atoms with Crippen LogP contribution >= 0.6 is 0 Å². The molecule has 2 amide bonds. The molecular weight excluding hydrogens is 394 g/mol. The van der Waals surface area contributed by atoms with Crippen molar-refractivity contribution in [1.82, 2.24) is 4.72 Å². The quantitative estimate of drug-likeness (QED) is 0.609. The molecule has 9 heteroatoms. The molecule has 29 heavy (non-hydrogen) atoms. The first kappa shape index (κ1) is 22.4. The molecule has 0 fully saturated rings. The molecule has 0 bridgehead atoms. The highest BCUT2D eigenvalue weighted by atomic mass is 32.2. The van der Waals surface area contributed by atoms with E-state index in [0.29, 0.717) is 17.1 Å². The van der Waals surface area contributed by atoms with Gasteiger partial charge in [-0.05, 0) is 49.4 Å². The number of anilines is 2. The lowest BCUT2D eigenvalue weighted by Crippen LogP contribution is -2.41. The second kappa shape index (κ2) is 9.53. The Balaban J connectivity index is 2.04. The second-order valence-corrected chi connectivity index (χ2v) is 8.45. The summed E-state index contributed by atoms with van der Waals surface area (Å²) in [4.78, 5) is 24.2. The van der Waals surface area contributed by atoms with Crippen molar-refractivity contribution in [2.45, 2.75) is 31.7 Å². The largest absolute Gasteiger partial charge is 0.497 e. The molecule has 156 valence electrons. The van der Waals surface area contributed by atoms with Crippen molar-refractivity contribution in [2.75, 3.05) is 17.7 Å². The Morgan fingerprint density at radius 2 is 1.45 bits per heavy atom. The first-order chi connectivity index (χ1) is 13.6. The van der Waals surface area contributed by atoms with Crippen LogP contribution in [-0.2, 0) is 19.6 Å². The van der Waals surface area contributed by atoms with Gasteiger partial charge in [-0.15, -0.1) is 0 Å². The van der Waals surface area contributed by atoms with E-state index >= 15 is 0 Å². The highest BCUT2D eigenvalue weighted by molar-refractivity contribution is 7.89.